The topological polar surface area (TPSA) is 84.4 Å². The van der Waals surface area contributed by atoms with Crippen LogP contribution in [0.5, 0.6) is 5.75 Å². The van der Waals surface area contributed by atoms with Crippen LogP contribution in [0.25, 0.3) is 21.1 Å². The van der Waals surface area contributed by atoms with Crippen LogP contribution in [0.15, 0.2) is 71.1 Å². The number of halogens is 2. The highest BCUT2D eigenvalue weighted by atomic mass is 35.5. The molecule has 5 aromatic rings. The first-order chi connectivity index (χ1) is 19.3. The van der Waals surface area contributed by atoms with E-state index in [1.54, 1.807) is 19.2 Å². The number of rotatable bonds is 9. The molecule has 0 atom stereocenters. The molecule has 0 saturated heterocycles. The minimum Gasteiger partial charge on any atom is -0.487 e. The van der Waals surface area contributed by atoms with Crippen LogP contribution in [0.2, 0.25) is 10.0 Å². The monoisotopic (exact) mass is 610 g/mol. The number of thioether (sulfide) groups is 1. The number of benzene rings is 3. The van der Waals surface area contributed by atoms with E-state index in [9.17, 15) is 9.59 Å². The van der Waals surface area contributed by atoms with Crippen LogP contribution in [-0.2, 0) is 16.2 Å². The Balaban J connectivity index is 1.20. The second-order valence-electron chi connectivity index (χ2n) is 8.89. The lowest BCUT2D eigenvalue weighted by atomic mass is 10.1. The van der Waals surface area contributed by atoms with Crippen molar-refractivity contribution in [2.75, 3.05) is 24.2 Å². The van der Waals surface area contributed by atoms with Crippen molar-refractivity contribution in [1.82, 2.24) is 15.3 Å². The van der Waals surface area contributed by atoms with E-state index in [4.69, 9.17) is 27.9 Å². The maximum absolute atomic E-state index is 12.9. The Hall–Kier alpha value is -3.37. The van der Waals surface area contributed by atoms with Crippen molar-refractivity contribution >= 4 is 84.9 Å². The van der Waals surface area contributed by atoms with E-state index in [0.717, 1.165) is 31.2 Å². The number of carbonyl (C=O) groups is 2. The van der Waals surface area contributed by atoms with E-state index in [-0.39, 0.29) is 30.7 Å². The Morgan fingerprint density at radius 1 is 1.02 bits per heavy atom. The summed E-state index contributed by atoms with van der Waals surface area (Å²) in [4.78, 5) is 35.8. The molecular formula is C29H24Cl2N4O3S2. The maximum Gasteiger partial charge on any atom is 0.246 e. The van der Waals surface area contributed by atoms with Gasteiger partial charge in [-0.15, -0.1) is 11.3 Å². The third-order valence-corrected chi connectivity index (χ3v) is 9.09. The van der Waals surface area contributed by atoms with Crippen LogP contribution in [0.1, 0.15) is 11.3 Å². The lowest BCUT2D eigenvalue weighted by Crippen LogP contribution is -2.39. The van der Waals surface area contributed by atoms with Crippen LogP contribution in [0.4, 0.5) is 5.69 Å². The highest BCUT2D eigenvalue weighted by molar-refractivity contribution is 8.01. The molecule has 204 valence electrons. The molecule has 0 saturated carbocycles. The number of carbonyl (C=O) groups excluding carboxylic acids is 2. The first kappa shape index (κ1) is 28.2. The maximum atomic E-state index is 12.9. The number of nitrogens with zero attached hydrogens (tertiary/aromatic N) is 3. The number of anilines is 1. The highest BCUT2D eigenvalue weighted by Crippen LogP contribution is 2.35. The van der Waals surface area contributed by atoms with Gasteiger partial charge in [-0.1, -0.05) is 65.3 Å². The van der Waals surface area contributed by atoms with Gasteiger partial charge in [-0.2, -0.15) is 0 Å². The number of likely N-dealkylation sites (N-methyl/N-ethyl adjacent to an activating group) is 1. The average molecular weight is 612 g/mol. The quantitative estimate of drug-likeness (QED) is 0.183. The number of aromatic nitrogens is 2. The summed E-state index contributed by atoms with van der Waals surface area (Å²) in [5.41, 5.74) is 3.53. The molecule has 0 fully saturated rings. The zero-order chi connectivity index (χ0) is 28.2. The number of para-hydroxylation sites is 2. The zero-order valence-corrected chi connectivity index (χ0v) is 24.8. The summed E-state index contributed by atoms with van der Waals surface area (Å²) in [6, 6.07) is 20.8. The first-order valence-corrected chi connectivity index (χ1v) is 14.8. The summed E-state index contributed by atoms with van der Waals surface area (Å²) in [5, 5.41) is 4.35. The van der Waals surface area contributed by atoms with Gasteiger partial charge in [-0.3, -0.25) is 9.59 Å². The highest BCUT2D eigenvalue weighted by Gasteiger charge is 2.20. The number of aryl methyl sites for hydroxylation is 1. The molecule has 2 heterocycles. The van der Waals surface area contributed by atoms with Gasteiger partial charge in [0.15, 0.2) is 4.34 Å². The standard InChI is InChI=1S/C29H24Cl2N4O3S2/c1-17-10-11-18-6-5-8-23(28(18)33-17)38-15-19-20(30)12-13-22(27(19)31)35(2)26(37)14-32-25(36)16-39-29-34-21-7-3-4-9-24(21)40-29/h3-13H,14-16H2,1-2H3,(H,32,36). The van der Waals surface area contributed by atoms with E-state index >= 15 is 0 Å². The lowest BCUT2D eigenvalue weighted by molar-refractivity contribution is -0.123. The van der Waals surface area contributed by atoms with Gasteiger partial charge in [0.25, 0.3) is 0 Å². The molecule has 5 rings (SSSR count). The minimum absolute atomic E-state index is 0.0853. The summed E-state index contributed by atoms with van der Waals surface area (Å²) < 4.78 is 7.95. The fourth-order valence-corrected chi connectivity index (χ4v) is 6.48. The predicted octanol–water partition coefficient (Wildman–Crippen LogP) is 6.91. The van der Waals surface area contributed by atoms with E-state index < -0.39 is 0 Å². The summed E-state index contributed by atoms with van der Waals surface area (Å²) in [6.45, 7) is 1.83. The summed E-state index contributed by atoms with van der Waals surface area (Å²) in [6.07, 6.45) is 0. The van der Waals surface area contributed by atoms with Gasteiger partial charge in [-0.25, -0.2) is 9.97 Å². The van der Waals surface area contributed by atoms with Gasteiger partial charge in [-0.05, 0) is 43.3 Å². The van der Waals surface area contributed by atoms with Crippen molar-refractivity contribution < 1.29 is 14.3 Å². The van der Waals surface area contributed by atoms with Gasteiger partial charge in [0.1, 0.15) is 17.9 Å². The number of pyridine rings is 1. The Morgan fingerprint density at radius 2 is 1.85 bits per heavy atom. The Bertz CT molecular complexity index is 1690. The van der Waals surface area contributed by atoms with Crippen molar-refractivity contribution in [3.05, 3.63) is 88.0 Å². The fraction of sp³-hybridized carbons (Fsp3) is 0.172. The molecule has 2 aromatic heterocycles. The molecule has 0 aliphatic heterocycles. The molecular weight excluding hydrogens is 587 g/mol. The Morgan fingerprint density at radius 3 is 2.67 bits per heavy atom. The van der Waals surface area contributed by atoms with Crippen molar-refractivity contribution in [2.45, 2.75) is 17.9 Å². The van der Waals surface area contributed by atoms with Gasteiger partial charge >= 0.3 is 0 Å². The van der Waals surface area contributed by atoms with Crippen LogP contribution in [0.3, 0.4) is 0 Å². The average Bonchev–Trinajstić information content (AvgIpc) is 3.37. The zero-order valence-electron chi connectivity index (χ0n) is 21.6. The van der Waals surface area contributed by atoms with Crippen LogP contribution < -0.4 is 15.0 Å². The summed E-state index contributed by atoms with van der Waals surface area (Å²) >= 11 is 16.0. The van der Waals surface area contributed by atoms with Crippen molar-refractivity contribution in [3.63, 3.8) is 0 Å². The van der Waals surface area contributed by atoms with E-state index in [1.807, 2.05) is 61.5 Å². The van der Waals surface area contributed by atoms with Crippen LogP contribution in [0, 0.1) is 6.92 Å². The molecule has 0 aliphatic rings. The van der Waals surface area contributed by atoms with E-state index in [0.29, 0.717) is 27.0 Å². The normalized spacial score (nSPS) is 11.1. The van der Waals surface area contributed by atoms with Gasteiger partial charge < -0.3 is 15.0 Å². The largest absolute Gasteiger partial charge is 0.487 e. The van der Waals surface area contributed by atoms with Crippen molar-refractivity contribution in [2.24, 2.45) is 0 Å². The fourth-order valence-electron chi connectivity index (χ4n) is 3.98. The number of nitrogens with one attached hydrogen (secondary N) is 1. The molecule has 40 heavy (non-hydrogen) atoms. The number of fused-ring (bicyclic) bond motifs is 2. The smallest absolute Gasteiger partial charge is 0.246 e. The SMILES string of the molecule is Cc1ccc2cccc(OCc3c(Cl)ccc(N(C)C(=O)CNC(=O)CSc4nc5ccccc5s4)c3Cl)c2n1. The first-order valence-electron chi connectivity index (χ1n) is 12.3. The second-order valence-corrected chi connectivity index (χ2v) is 11.9. The lowest BCUT2D eigenvalue weighted by Gasteiger charge is -2.21. The molecule has 0 aliphatic carbocycles. The molecule has 3 aromatic carbocycles. The van der Waals surface area contributed by atoms with Crippen molar-refractivity contribution in [1.29, 1.82) is 0 Å². The number of hydrogen-bond donors (Lipinski definition) is 1. The molecule has 0 unspecified atom stereocenters. The second kappa shape index (κ2) is 12.4. The summed E-state index contributed by atoms with van der Waals surface area (Å²) in [7, 11) is 1.60. The Kier molecular flexibility index (Phi) is 8.75. The van der Waals surface area contributed by atoms with Crippen LogP contribution >= 0.6 is 46.3 Å². The van der Waals surface area contributed by atoms with Gasteiger partial charge in [0.05, 0.1) is 33.2 Å². The van der Waals surface area contributed by atoms with E-state index in [2.05, 4.69) is 15.3 Å². The van der Waals surface area contributed by atoms with E-state index in [1.165, 1.54) is 28.0 Å². The van der Waals surface area contributed by atoms with Gasteiger partial charge in [0.2, 0.25) is 11.8 Å². The molecule has 0 radical (unpaired) electrons. The molecule has 0 bridgehead atoms. The minimum atomic E-state index is -0.330. The van der Waals surface area contributed by atoms with Gasteiger partial charge in [0, 0.05) is 28.7 Å². The molecule has 2 amide bonds. The van der Waals surface area contributed by atoms with Crippen molar-refractivity contribution in [3.8, 4) is 5.75 Å². The Labute approximate surface area is 249 Å². The number of hydrogen-bond acceptors (Lipinski definition) is 7. The molecule has 11 heteroatoms. The number of amides is 2. The summed E-state index contributed by atoms with van der Waals surface area (Å²) in [5.74, 6) is 0.168. The molecule has 0 spiro atoms. The molecule has 7 nitrogen and oxygen atoms in total. The molecule has 1 N–H and O–H groups in total. The number of thiazole rings is 1. The predicted molar refractivity (Wildman–Crippen MR) is 164 cm³/mol. The van der Waals surface area contributed by atoms with Crippen LogP contribution in [-0.4, -0.2) is 41.1 Å². The number of ether oxygens (including phenoxy) is 1. The third-order valence-electron chi connectivity index (χ3n) is 6.13. The third kappa shape index (κ3) is 6.33.